The topological polar surface area (TPSA) is 21.6 Å². The minimum absolute atomic E-state index is 0.329. The van der Waals surface area contributed by atoms with Gasteiger partial charge in [-0.05, 0) is 33.6 Å². The van der Waals surface area contributed by atoms with Crippen molar-refractivity contribution in [2.24, 2.45) is 10.9 Å². The summed E-state index contributed by atoms with van der Waals surface area (Å²) >= 11 is 3.47. The van der Waals surface area contributed by atoms with Gasteiger partial charge in [0.1, 0.15) is 6.61 Å². The molecule has 3 heteroatoms. The van der Waals surface area contributed by atoms with Crippen molar-refractivity contribution in [1.82, 2.24) is 0 Å². The van der Waals surface area contributed by atoms with E-state index in [2.05, 4.69) is 39.1 Å². The molecule has 0 aromatic heterocycles. The van der Waals surface area contributed by atoms with Crippen molar-refractivity contribution >= 4 is 22.1 Å². The van der Waals surface area contributed by atoms with Crippen molar-refractivity contribution in [3.63, 3.8) is 0 Å². The highest BCUT2D eigenvalue weighted by molar-refractivity contribution is 9.12. The molecule has 0 saturated carbocycles. The summed E-state index contributed by atoms with van der Waals surface area (Å²) in [7, 11) is 0. The molecule has 0 spiro atoms. The molecule has 1 heterocycles. The van der Waals surface area contributed by atoms with Gasteiger partial charge in [0, 0.05) is 28.7 Å². The minimum Gasteiger partial charge on any atom is -0.493 e. The molecule has 1 unspecified atom stereocenters. The molecule has 3 rings (SSSR count). The third-order valence-corrected chi connectivity index (χ3v) is 3.67. The van der Waals surface area contributed by atoms with E-state index in [0.717, 1.165) is 22.4 Å². The van der Waals surface area contributed by atoms with E-state index in [4.69, 9.17) is 4.74 Å². The molecule has 0 amide bonds. The molecule has 0 saturated heterocycles. The number of fused-ring (bicyclic) bond motifs is 1. The Labute approximate surface area is 121 Å². The van der Waals surface area contributed by atoms with Gasteiger partial charge in [-0.15, -0.1) is 0 Å². The number of aliphatic imine (C=N–C) groups is 1. The quantitative estimate of drug-likeness (QED) is 0.812. The van der Waals surface area contributed by atoms with Gasteiger partial charge in [-0.1, -0.05) is 36.4 Å². The Balaban J connectivity index is 1.66. The van der Waals surface area contributed by atoms with Gasteiger partial charge in [0.25, 0.3) is 0 Å². The van der Waals surface area contributed by atoms with Crippen LogP contribution < -0.4 is 0 Å². The number of nitrogens with zero attached hydrogens (tertiary/aromatic N) is 1. The van der Waals surface area contributed by atoms with Crippen LogP contribution in [0.25, 0.3) is 0 Å². The van der Waals surface area contributed by atoms with Crippen LogP contribution in [0.5, 0.6) is 0 Å². The summed E-state index contributed by atoms with van der Waals surface area (Å²) in [5.41, 5.74) is 2.30. The SMILES string of the molecule is BrC1=CC2CC(OCc3ccccc3)=CC=C2N=C1. The van der Waals surface area contributed by atoms with Gasteiger partial charge < -0.3 is 4.74 Å². The average Bonchev–Trinajstić information content (AvgIpc) is 2.46. The van der Waals surface area contributed by atoms with E-state index in [1.165, 1.54) is 5.56 Å². The second-order valence-corrected chi connectivity index (χ2v) is 5.53. The second kappa shape index (κ2) is 5.57. The Morgan fingerprint density at radius 3 is 2.89 bits per heavy atom. The molecule has 19 heavy (non-hydrogen) atoms. The molecule has 0 radical (unpaired) electrons. The second-order valence-electron chi connectivity index (χ2n) is 4.62. The highest BCUT2D eigenvalue weighted by Crippen LogP contribution is 2.32. The van der Waals surface area contributed by atoms with E-state index < -0.39 is 0 Å². The fourth-order valence-corrected chi connectivity index (χ4v) is 2.62. The first-order valence-electron chi connectivity index (χ1n) is 6.30. The van der Waals surface area contributed by atoms with Crippen molar-refractivity contribution < 1.29 is 4.74 Å². The Morgan fingerprint density at radius 2 is 2.05 bits per heavy atom. The van der Waals surface area contributed by atoms with Crippen LogP contribution in [-0.4, -0.2) is 6.21 Å². The summed E-state index contributed by atoms with van der Waals surface area (Å²) in [6, 6.07) is 10.2. The van der Waals surface area contributed by atoms with Gasteiger partial charge in [0.05, 0.1) is 5.76 Å². The van der Waals surface area contributed by atoms with Gasteiger partial charge in [-0.3, -0.25) is 4.99 Å². The molecular formula is C16H14BrNO. The molecule has 0 fully saturated rings. The van der Waals surface area contributed by atoms with Crippen LogP contribution in [-0.2, 0) is 11.3 Å². The highest BCUT2D eigenvalue weighted by atomic mass is 79.9. The molecule has 1 atom stereocenters. The number of rotatable bonds is 3. The highest BCUT2D eigenvalue weighted by Gasteiger charge is 2.20. The van der Waals surface area contributed by atoms with Crippen molar-refractivity contribution in [2.45, 2.75) is 13.0 Å². The Kier molecular flexibility index (Phi) is 3.65. The summed E-state index contributed by atoms with van der Waals surface area (Å²) in [5.74, 6) is 1.35. The summed E-state index contributed by atoms with van der Waals surface area (Å²) in [6.07, 6.45) is 8.97. The molecule has 96 valence electrons. The fourth-order valence-electron chi connectivity index (χ4n) is 2.20. The molecule has 1 aromatic carbocycles. The van der Waals surface area contributed by atoms with E-state index in [-0.39, 0.29) is 0 Å². The first-order valence-corrected chi connectivity index (χ1v) is 7.09. The number of ether oxygens (including phenoxy) is 1. The maximum absolute atomic E-state index is 5.87. The fraction of sp³-hybridized carbons (Fsp3) is 0.188. The maximum atomic E-state index is 5.87. The third kappa shape index (κ3) is 3.04. The lowest BCUT2D eigenvalue weighted by Gasteiger charge is -2.22. The third-order valence-electron chi connectivity index (χ3n) is 3.21. The zero-order valence-electron chi connectivity index (χ0n) is 10.4. The zero-order valence-corrected chi connectivity index (χ0v) is 12.0. The summed E-state index contributed by atoms with van der Waals surface area (Å²) in [6.45, 7) is 0.622. The first-order chi connectivity index (χ1) is 9.31. The van der Waals surface area contributed by atoms with Crippen molar-refractivity contribution in [2.75, 3.05) is 0 Å². The van der Waals surface area contributed by atoms with Crippen molar-refractivity contribution in [3.05, 3.63) is 70.1 Å². The molecule has 0 bridgehead atoms. The Morgan fingerprint density at radius 1 is 1.21 bits per heavy atom. The summed E-state index contributed by atoms with van der Waals surface area (Å²) < 4.78 is 6.91. The minimum atomic E-state index is 0.329. The first kappa shape index (κ1) is 12.4. The number of allylic oxidation sites excluding steroid dienone is 5. The lowest BCUT2D eigenvalue weighted by atomic mass is 9.94. The predicted molar refractivity (Wildman–Crippen MR) is 81.0 cm³/mol. The lowest BCUT2D eigenvalue weighted by Crippen LogP contribution is -2.11. The Bertz CT molecular complexity index is 584. The predicted octanol–water partition coefficient (Wildman–Crippen LogP) is 4.35. The van der Waals surface area contributed by atoms with E-state index >= 15 is 0 Å². The van der Waals surface area contributed by atoms with Crippen LogP contribution in [0, 0.1) is 5.92 Å². The lowest BCUT2D eigenvalue weighted by molar-refractivity contribution is 0.183. The van der Waals surface area contributed by atoms with E-state index in [1.54, 1.807) is 0 Å². The van der Waals surface area contributed by atoms with Gasteiger partial charge in [0.15, 0.2) is 0 Å². The maximum Gasteiger partial charge on any atom is 0.113 e. The van der Waals surface area contributed by atoms with Crippen LogP contribution in [0.3, 0.4) is 0 Å². The molecule has 1 aliphatic heterocycles. The summed E-state index contributed by atoms with van der Waals surface area (Å²) in [5, 5.41) is 0. The number of dihydropyridines is 1. The van der Waals surface area contributed by atoms with Crippen LogP contribution in [0.1, 0.15) is 12.0 Å². The molecule has 2 aliphatic rings. The molecule has 1 aliphatic carbocycles. The number of benzene rings is 1. The molecule has 0 N–H and O–H groups in total. The summed E-state index contributed by atoms with van der Waals surface area (Å²) in [4.78, 5) is 4.41. The monoisotopic (exact) mass is 315 g/mol. The van der Waals surface area contributed by atoms with Crippen molar-refractivity contribution in [1.29, 1.82) is 0 Å². The molecule has 1 aromatic rings. The standard InChI is InChI=1S/C16H14BrNO/c17-14-8-13-9-15(6-7-16(13)18-10-14)19-11-12-4-2-1-3-5-12/h1-8,10,13H,9,11H2. The largest absolute Gasteiger partial charge is 0.493 e. The van der Waals surface area contributed by atoms with E-state index in [9.17, 15) is 0 Å². The number of hydrogen-bond donors (Lipinski definition) is 0. The van der Waals surface area contributed by atoms with Crippen molar-refractivity contribution in [3.8, 4) is 0 Å². The number of halogens is 1. The van der Waals surface area contributed by atoms with Crippen LogP contribution in [0.2, 0.25) is 0 Å². The van der Waals surface area contributed by atoms with E-state index in [1.807, 2.05) is 36.6 Å². The average molecular weight is 316 g/mol. The van der Waals surface area contributed by atoms with Crippen LogP contribution in [0.4, 0.5) is 0 Å². The van der Waals surface area contributed by atoms with Gasteiger partial charge in [0.2, 0.25) is 0 Å². The van der Waals surface area contributed by atoms with Crippen LogP contribution in [0.15, 0.2) is 69.5 Å². The van der Waals surface area contributed by atoms with Gasteiger partial charge in [-0.25, -0.2) is 0 Å². The molecular weight excluding hydrogens is 302 g/mol. The van der Waals surface area contributed by atoms with E-state index in [0.29, 0.717) is 12.5 Å². The van der Waals surface area contributed by atoms with Crippen LogP contribution >= 0.6 is 15.9 Å². The van der Waals surface area contributed by atoms with Gasteiger partial charge in [-0.2, -0.15) is 0 Å². The smallest absolute Gasteiger partial charge is 0.113 e. The normalized spacial score (nSPS) is 21.1. The Hall–Kier alpha value is -1.61. The number of hydrogen-bond acceptors (Lipinski definition) is 2. The van der Waals surface area contributed by atoms with Gasteiger partial charge >= 0.3 is 0 Å². The zero-order chi connectivity index (χ0) is 13.1. The molecule has 2 nitrogen and oxygen atoms in total.